The van der Waals surface area contributed by atoms with Gasteiger partial charge in [0, 0.05) is 18.7 Å². The number of anilines is 3. The quantitative estimate of drug-likeness (QED) is 0.309. The second-order valence-electron chi connectivity index (χ2n) is 6.86. The Labute approximate surface area is 181 Å². The highest BCUT2D eigenvalue weighted by Gasteiger charge is 2.08. The molecule has 3 aromatic rings. The Morgan fingerprint density at radius 3 is 2.29 bits per heavy atom. The van der Waals surface area contributed by atoms with E-state index >= 15 is 0 Å². The maximum absolute atomic E-state index is 12.5. The van der Waals surface area contributed by atoms with Crippen LogP contribution in [0.25, 0.3) is 6.08 Å². The van der Waals surface area contributed by atoms with Gasteiger partial charge in [-0.25, -0.2) is 0 Å². The van der Waals surface area contributed by atoms with Crippen LogP contribution >= 0.6 is 0 Å². The van der Waals surface area contributed by atoms with E-state index in [4.69, 9.17) is 9.47 Å². The topological polar surface area (TPSA) is 76.7 Å². The van der Waals surface area contributed by atoms with Crippen LogP contribution in [0.1, 0.15) is 18.1 Å². The van der Waals surface area contributed by atoms with Gasteiger partial charge in [-0.05, 0) is 55.0 Å². The van der Waals surface area contributed by atoms with Gasteiger partial charge in [0.2, 0.25) is 5.91 Å². The number of methoxy groups -OCH3 is 1. The number of esters is 1. The molecule has 0 aliphatic heterocycles. The third-order valence-electron chi connectivity index (χ3n) is 4.38. The minimum atomic E-state index is -0.432. The standard InChI is InChI=1S/C25H24N2O4/c1-17-8-12-20(13-9-17)26-21-6-4-5-7-22(21)27-25(29)15-11-19-10-14-23(31-18(2)28)24(16-19)30-3/h4-16,26H,1-3H3,(H,27,29)/b15-11+. The van der Waals surface area contributed by atoms with E-state index < -0.39 is 5.97 Å². The zero-order valence-corrected chi connectivity index (χ0v) is 17.6. The van der Waals surface area contributed by atoms with Gasteiger partial charge in [0.15, 0.2) is 11.5 Å². The van der Waals surface area contributed by atoms with Crippen molar-refractivity contribution in [2.75, 3.05) is 17.7 Å². The van der Waals surface area contributed by atoms with Crippen molar-refractivity contribution in [3.63, 3.8) is 0 Å². The number of rotatable bonds is 7. The van der Waals surface area contributed by atoms with Crippen molar-refractivity contribution < 1.29 is 19.1 Å². The largest absolute Gasteiger partial charge is 0.493 e. The van der Waals surface area contributed by atoms with E-state index in [0.717, 1.165) is 16.9 Å². The summed E-state index contributed by atoms with van der Waals surface area (Å²) in [4.78, 5) is 23.6. The van der Waals surface area contributed by atoms with Crippen molar-refractivity contribution in [2.24, 2.45) is 0 Å². The first kappa shape index (κ1) is 21.6. The van der Waals surface area contributed by atoms with Crippen LogP contribution in [0.15, 0.2) is 72.8 Å². The number of aryl methyl sites for hydroxylation is 1. The molecule has 0 radical (unpaired) electrons. The lowest BCUT2D eigenvalue weighted by molar-refractivity contribution is -0.132. The predicted molar refractivity (Wildman–Crippen MR) is 123 cm³/mol. The second kappa shape index (κ2) is 10.1. The highest BCUT2D eigenvalue weighted by Crippen LogP contribution is 2.29. The molecule has 0 spiro atoms. The Balaban J connectivity index is 1.70. The monoisotopic (exact) mass is 416 g/mol. The summed E-state index contributed by atoms with van der Waals surface area (Å²) >= 11 is 0. The summed E-state index contributed by atoms with van der Waals surface area (Å²) < 4.78 is 10.3. The summed E-state index contributed by atoms with van der Waals surface area (Å²) in [6.07, 6.45) is 3.09. The summed E-state index contributed by atoms with van der Waals surface area (Å²) in [6, 6.07) is 20.6. The third-order valence-corrected chi connectivity index (χ3v) is 4.38. The lowest BCUT2D eigenvalue weighted by atomic mass is 10.2. The molecular weight excluding hydrogens is 392 g/mol. The van der Waals surface area contributed by atoms with E-state index in [1.165, 1.54) is 25.7 Å². The van der Waals surface area contributed by atoms with E-state index in [0.29, 0.717) is 17.2 Å². The molecule has 0 heterocycles. The number of nitrogens with one attached hydrogen (secondary N) is 2. The lowest BCUT2D eigenvalue weighted by Crippen LogP contribution is -2.09. The minimum absolute atomic E-state index is 0.277. The molecule has 0 unspecified atom stereocenters. The number of carbonyl (C=O) groups excluding carboxylic acids is 2. The van der Waals surface area contributed by atoms with E-state index in [-0.39, 0.29) is 5.91 Å². The highest BCUT2D eigenvalue weighted by atomic mass is 16.6. The number of hydrogen-bond acceptors (Lipinski definition) is 5. The van der Waals surface area contributed by atoms with Gasteiger partial charge in [-0.15, -0.1) is 0 Å². The van der Waals surface area contributed by atoms with Gasteiger partial charge in [-0.2, -0.15) is 0 Å². The Morgan fingerprint density at radius 1 is 0.903 bits per heavy atom. The van der Waals surface area contributed by atoms with E-state index in [1.54, 1.807) is 24.3 Å². The van der Waals surface area contributed by atoms with Gasteiger partial charge in [0.1, 0.15) is 0 Å². The van der Waals surface area contributed by atoms with Gasteiger partial charge < -0.3 is 20.1 Å². The first-order valence-corrected chi connectivity index (χ1v) is 9.73. The molecule has 0 aliphatic carbocycles. The summed E-state index contributed by atoms with van der Waals surface area (Å²) in [5.74, 6) is 0.0261. The van der Waals surface area contributed by atoms with Crippen molar-refractivity contribution in [1.82, 2.24) is 0 Å². The van der Waals surface area contributed by atoms with Crippen molar-refractivity contribution in [3.8, 4) is 11.5 Å². The lowest BCUT2D eigenvalue weighted by Gasteiger charge is -2.12. The van der Waals surface area contributed by atoms with Crippen molar-refractivity contribution >= 4 is 35.0 Å². The smallest absolute Gasteiger partial charge is 0.308 e. The SMILES string of the molecule is COc1cc(/C=C/C(=O)Nc2ccccc2Nc2ccc(C)cc2)ccc1OC(C)=O. The van der Waals surface area contributed by atoms with Crippen LogP contribution in [0.2, 0.25) is 0 Å². The Kier molecular flexibility index (Phi) is 7.06. The van der Waals surface area contributed by atoms with Crippen LogP contribution in [0.5, 0.6) is 11.5 Å². The minimum Gasteiger partial charge on any atom is -0.493 e. The first-order chi connectivity index (χ1) is 14.9. The fraction of sp³-hybridized carbons (Fsp3) is 0.120. The summed E-state index contributed by atoms with van der Waals surface area (Å²) in [5.41, 5.74) is 4.30. The van der Waals surface area contributed by atoms with Crippen LogP contribution in [-0.4, -0.2) is 19.0 Å². The van der Waals surface area contributed by atoms with Gasteiger partial charge in [0.05, 0.1) is 18.5 Å². The Morgan fingerprint density at radius 2 is 1.61 bits per heavy atom. The van der Waals surface area contributed by atoms with Gasteiger partial charge in [-0.3, -0.25) is 9.59 Å². The fourth-order valence-corrected chi connectivity index (χ4v) is 2.87. The van der Waals surface area contributed by atoms with E-state index in [1.807, 2.05) is 55.5 Å². The maximum atomic E-state index is 12.5. The maximum Gasteiger partial charge on any atom is 0.308 e. The number of carbonyl (C=O) groups is 2. The molecule has 158 valence electrons. The summed E-state index contributed by atoms with van der Waals surface area (Å²) in [7, 11) is 1.49. The molecule has 6 heteroatoms. The van der Waals surface area contributed by atoms with E-state index in [2.05, 4.69) is 10.6 Å². The molecule has 2 N–H and O–H groups in total. The van der Waals surface area contributed by atoms with Crippen LogP contribution in [-0.2, 0) is 9.59 Å². The Hall–Kier alpha value is -4.06. The van der Waals surface area contributed by atoms with Crippen LogP contribution in [0.3, 0.4) is 0 Å². The zero-order valence-electron chi connectivity index (χ0n) is 17.6. The number of ether oxygens (including phenoxy) is 2. The number of para-hydroxylation sites is 2. The van der Waals surface area contributed by atoms with Gasteiger partial charge in [-0.1, -0.05) is 35.9 Å². The van der Waals surface area contributed by atoms with Crippen LogP contribution < -0.4 is 20.1 Å². The molecule has 0 aliphatic rings. The van der Waals surface area contributed by atoms with Crippen molar-refractivity contribution in [1.29, 1.82) is 0 Å². The predicted octanol–water partition coefficient (Wildman–Crippen LogP) is 5.32. The molecule has 0 bridgehead atoms. The van der Waals surface area contributed by atoms with Gasteiger partial charge in [0.25, 0.3) is 0 Å². The van der Waals surface area contributed by atoms with Gasteiger partial charge >= 0.3 is 5.97 Å². The average Bonchev–Trinajstić information content (AvgIpc) is 2.75. The molecule has 3 aromatic carbocycles. The molecule has 0 saturated carbocycles. The highest BCUT2D eigenvalue weighted by molar-refractivity contribution is 6.04. The Bertz CT molecular complexity index is 1100. The zero-order chi connectivity index (χ0) is 22.2. The number of amides is 1. The number of benzene rings is 3. The second-order valence-corrected chi connectivity index (χ2v) is 6.86. The van der Waals surface area contributed by atoms with Crippen molar-refractivity contribution in [3.05, 3.63) is 83.9 Å². The summed E-state index contributed by atoms with van der Waals surface area (Å²) in [6.45, 7) is 3.35. The van der Waals surface area contributed by atoms with Crippen molar-refractivity contribution in [2.45, 2.75) is 13.8 Å². The normalized spacial score (nSPS) is 10.5. The van der Waals surface area contributed by atoms with Crippen LogP contribution in [0.4, 0.5) is 17.1 Å². The molecule has 0 atom stereocenters. The molecule has 31 heavy (non-hydrogen) atoms. The third kappa shape index (κ3) is 6.21. The van der Waals surface area contributed by atoms with Crippen LogP contribution in [0, 0.1) is 6.92 Å². The molecule has 0 fully saturated rings. The first-order valence-electron chi connectivity index (χ1n) is 9.73. The fourth-order valence-electron chi connectivity index (χ4n) is 2.87. The van der Waals surface area contributed by atoms with E-state index in [9.17, 15) is 9.59 Å². The molecule has 6 nitrogen and oxygen atoms in total. The molecular formula is C25H24N2O4. The molecule has 0 saturated heterocycles. The summed E-state index contributed by atoms with van der Waals surface area (Å²) in [5, 5.41) is 6.21. The number of hydrogen-bond donors (Lipinski definition) is 2. The molecule has 3 rings (SSSR count). The molecule has 0 aromatic heterocycles. The average molecular weight is 416 g/mol. The molecule has 1 amide bonds.